The minimum absolute atomic E-state index is 0.334. The van der Waals surface area contributed by atoms with Crippen LogP contribution >= 0.6 is 0 Å². The van der Waals surface area contributed by atoms with Gasteiger partial charge < -0.3 is 9.47 Å². The quantitative estimate of drug-likeness (QED) is 0.510. The molecule has 0 aliphatic carbocycles. The minimum atomic E-state index is -0.334. The van der Waals surface area contributed by atoms with E-state index in [0.717, 1.165) is 27.6 Å². The Bertz CT molecular complexity index is 1010. The molecule has 0 bridgehead atoms. The summed E-state index contributed by atoms with van der Waals surface area (Å²) in [5.41, 5.74) is 2.38. The van der Waals surface area contributed by atoms with Gasteiger partial charge in [0.2, 0.25) is 0 Å². The fraction of sp³-hybridized carbons (Fsp3) is 0.0455. The lowest BCUT2D eigenvalue weighted by atomic mass is 10.0. The maximum absolute atomic E-state index is 12.3. The molecule has 0 radical (unpaired) electrons. The van der Waals surface area contributed by atoms with Gasteiger partial charge >= 0.3 is 5.97 Å². The molecule has 0 N–H and O–H groups in total. The highest BCUT2D eigenvalue weighted by atomic mass is 16.5. The van der Waals surface area contributed by atoms with E-state index in [4.69, 9.17) is 9.47 Å². The van der Waals surface area contributed by atoms with E-state index in [2.05, 4.69) is 18.2 Å². The molecular formula is C22H16O3. The van der Waals surface area contributed by atoms with E-state index in [-0.39, 0.29) is 5.97 Å². The third-order valence-electron chi connectivity index (χ3n) is 4.23. The Balaban J connectivity index is 1.73. The lowest BCUT2D eigenvalue weighted by Crippen LogP contribution is -1.97. The molecule has 0 unspecified atom stereocenters. The number of methoxy groups -OCH3 is 1. The summed E-state index contributed by atoms with van der Waals surface area (Å²) in [6, 6.07) is 21.6. The second-order valence-electron chi connectivity index (χ2n) is 5.79. The Morgan fingerprint density at radius 3 is 2.48 bits per heavy atom. The van der Waals surface area contributed by atoms with Crippen molar-refractivity contribution in [1.29, 1.82) is 0 Å². The maximum Gasteiger partial charge on any atom is 0.343 e. The van der Waals surface area contributed by atoms with Crippen molar-refractivity contribution in [1.82, 2.24) is 0 Å². The molecule has 3 heteroatoms. The Labute approximate surface area is 145 Å². The zero-order valence-electron chi connectivity index (χ0n) is 13.7. The third kappa shape index (κ3) is 2.92. The highest BCUT2D eigenvalue weighted by Gasteiger charge is 2.22. The summed E-state index contributed by atoms with van der Waals surface area (Å²) in [5, 5.41) is 2.25. The molecule has 3 aromatic carbocycles. The third-order valence-corrected chi connectivity index (χ3v) is 4.23. The summed E-state index contributed by atoms with van der Waals surface area (Å²) in [6.45, 7) is 0. The first kappa shape index (κ1) is 15.2. The van der Waals surface area contributed by atoms with Gasteiger partial charge in [0.05, 0.1) is 12.7 Å². The molecule has 1 aliphatic heterocycles. The van der Waals surface area contributed by atoms with E-state index in [1.54, 1.807) is 13.2 Å². The fourth-order valence-corrected chi connectivity index (χ4v) is 2.93. The van der Waals surface area contributed by atoms with Crippen LogP contribution in [-0.4, -0.2) is 13.1 Å². The summed E-state index contributed by atoms with van der Waals surface area (Å²) in [7, 11) is 1.62. The highest BCUT2D eigenvalue weighted by molar-refractivity contribution is 6.06. The highest BCUT2D eigenvalue weighted by Crippen LogP contribution is 2.30. The van der Waals surface area contributed by atoms with Crippen molar-refractivity contribution in [3.8, 4) is 5.75 Å². The first-order chi connectivity index (χ1) is 12.2. The van der Waals surface area contributed by atoms with E-state index in [0.29, 0.717) is 11.3 Å². The number of rotatable bonds is 3. The molecule has 1 heterocycles. The van der Waals surface area contributed by atoms with Crippen molar-refractivity contribution in [2.24, 2.45) is 0 Å². The van der Waals surface area contributed by atoms with Gasteiger partial charge in [-0.3, -0.25) is 0 Å². The monoisotopic (exact) mass is 328 g/mol. The Morgan fingerprint density at radius 1 is 0.920 bits per heavy atom. The van der Waals surface area contributed by atoms with Gasteiger partial charge in [0.1, 0.15) is 11.5 Å². The molecule has 0 saturated carbocycles. The van der Waals surface area contributed by atoms with Crippen LogP contribution in [-0.2, 0) is 9.53 Å². The molecular weight excluding hydrogens is 312 g/mol. The van der Waals surface area contributed by atoms with Crippen molar-refractivity contribution in [3.05, 3.63) is 89.5 Å². The predicted molar refractivity (Wildman–Crippen MR) is 99.0 cm³/mol. The van der Waals surface area contributed by atoms with Crippen LogP contribution in [0.15, 0.2) is 78.4 Å². The number of carbonyl (C=O) groups is 1. The first-order valence-corrected chi connectivity index (χ1v) is 8.02. The molecule has 3 nitrogen and oxygen atoms in total. The molecule has 25 heavy (non-hydrogen) atoms. The van der Waals surface area contributed by atoms with E-state index >= 15 is 0 Å². The van der Waals surface area contributed by atoms with Gasteiger partial charge in [-0.2, -0.15) is 0 Å². The van der Waals surface area contributed by atoms with Gasteiger partial charge in [-0.05, 0) is 52.8 Å². The summed E-state index contributed by atoms with van der Waals surface area (Å²) < 4.78 is 10.6. The van der Waals surface area contributed by atoms with Crippen LogP contribution in [0.4, 0.5) is 0 Å². The molecule has 0 amide bonds. The number of fused-ring (bicyclic) bond motifs is 1. The summed E-state index contributed by atoms with van der Waals surface area (Å²) in [5.74, 6) is 0.984. The predicted octanol–water partition coefficient (Wildman–Crippen LogP) is 4.83. The van der Waals surface area contributed by atoms with E-state index in [1.807, 2.05) is 54.6 Å². The Hall–Kier alpha value is -3.33. The van der Waals surface area contributed by atoms with Crippen LogP contribution in [0.1, 0.15) is 11.1 Å². The SMILES string of the molecule is COc1ccc(C2=C/C(=C\c3cccc4ccccc34)C(=O)O2)cc1. The second kappa shape index (κ2) is 6.29. The van der Waals surface area contributed by atoms with Crippen molar-refractivity contribution < 1.29 is 14.3 Å². The molecule has 0 spiro atoms. The van der Waals surface area contributed by atoms with Crippen LogP contribution < -0.4 is 4.74 Å². The Kier molecular flexibility index (Phi) is 3.82. The van der Waals surface area contributed by atoms with Crippen LogP contribution in [0.5, 0.6) is 5.75 Å². The number of ether oxygens (including phenoxy) is 2. The van der Waals surface area contributed by atoms with Crippen molar-refractivity contribution in [2.45, 2.75) is 0 Å². The summed E-state index contributed by atoms with van der Waals surface area (Å²) in [6.07, 6.45) is 3.66. The normalized spacial score (nSPS) is 15.3. The van der Waals surface area contributed by atoms with Gasteiger partial charge in [-0.25, -0.2) is 4.79 Å². The Morgan fingerprint density at radius 2 is 1.68 bits per heavy atom. The zero-order chi connectivity index (χ0) is 17.2. The average Bonchev–Trinajstić information content (AvgIpc) is 3.03. The molecule has 122 valence electrons. The molecule has 4 rings (SSSR count). The number of cyclic esters (lactones) is 1. The molecule has 0 fully saturated rings. The van der Waals surface area contributed by atoms with Gasteiger partial charge in [-0.15, -0.1) is 0 Å². The number of esters is 1. The number of benzene rings is 3. The first-order valence-electron chi connectivity index (χ1n) is 8.02. The lowest BCUT2D eigenvalue weighted by molar-refractivity contribution is -0.130. The minimum Gasteiger partial charge on any atom is -0.497 e. The zero-order valence-corrected chi connectivity index (χ0v) is 13.7. The topological polar surface area (TPSA) is 35.5 Å². The van der Waals surface area contributed by atoms with E-state index in [1.165, 1.54) is 0 Å². The van der Waals surface area contributed by atoms with Gasteiger partial charge in [-0.1, -0.05) is 42.5 Å². The van der Waals surface area contributed by atoms with E-state index in [9.17, 15) is 4.79 Å². The number of hydrogen-bond acceptors (Lipinski definition) is 3. The van der Waals surface area contributed by atoms with Crippen LogP contribution in [0.3, 0.4) is 0 Å². The molecule has 0 saturated heterocycles. The maximum atomic E-state index is 12.3. The fourth-order valence-electron chi connectivity index (χ4n) is 2.93. The van der Waals surface area contributed by atoms with Crippen LogP contribution in [0.2, 0.25) is 0 Å². The average molecular weight is 328 g/mol. The molecule has 0 atom stereocenters. The van der Waals surface area contributed by atoms with Gasteiger partial charge in [0.25, 0.3) is 0 Å². The lowest BCUT2D eigenvalue weighted by Gasteiger charge is -2.03. The van der Waals surface area contributed by atoms with Crippen molar-refractivity contribution >= 4 is 28.6 Å². The standard InChI is InChI=1S/C22H16O3/c1-24-19-11-9-16(10-12-19)21-14-18(22(23)25-21)13-17-7-4-6-15-5-2-3-8-20(15)17/h2-14H,1H3/b18-13+. The van der Waals surface area contributed by atoms with Gasteiger partial charge in [0, 0.05) is 5.56 Å². The smallest absolute Gasteiger partial charge is 0.343 e. The van der Waals surface area contributed by atoms with Crippen LogP contribution in [0.25, 0.3) is 22.6 Å². The van der Waals surface area contributed by atoms with Gasteiger partial charge in [0.15, 0.2) is 0 Å². The largest absolute Gasteiger partial charge is 0.497 e. The summed E-state index contributed by atoms with van der Waals surface area (Å²) in [4.78, 5) is 12.3. The summed E-state index contributed by atoms with van der Waals surface area (Å²) >= 11 is 0. The molecule has 1 aliphatic rings. The number of carbonyl (C=O) groups excluding carboxylic acids is 1. The van der Waals surface area contributed by atoms with Crippen molar-refractivity contribution in [2.75, 3.05) is 7.11 Å². The molecule has 3 aromatic rings. The van der Waals surface area contributed by atoms with E-state index < -0.39 is 0 Å². The molecule has 0 aromatic heterocycles. The second-order valence-corrected chi connectivity index (χ2v) is 5.79. The number of hydrogen-bond donors (Lipinski definition) is 0. The van der Waals surface area contributed by atoms with Crippen LogP contribution in [0, 0.1) is 0 Å². The van der Waals surface area contributed by atoms with Crippen molar-refractivity contribution in [3.63, 3.8) is 0 Å².